The van der Waals surface area contributed by atoms with Crippen molar-refractivity contribution in [2.45, 2.75) is 32.4 Å². The second-order valence-corrected chi connectivity index (χ2v) is 6.35. The van der Waals surface area contributed by atoms with E-state index in [4.69, 9.17) is 0 Å². The normalized spacial score (nSPS) is 16.5. The van der Waals surface area contributed by atoms with Crippen molar-refractivity contribution in [3.63, 3.8) is 0 Å². The maximum atomic E-state index is 12.5. The van der Waals surface area contributed by atoms with Gasteiger partial charge >= 0.3 is 6.03 Å². The van der Waals surface area contributed by atoms with Crippen LogP contribution in [0, 0.1) is 6.92 Å². The van der Waals surface area contributed by atoms with E-state index in [9.17, 15) is 9.59 Å². The van der Waals surface area contributed by atoms with E-state index in [1.807, 2.05) is 61.5 Å². The summed E-state index contributed by atoms with van der Waals surface area (Å²) < 4.78 is 0. The van der Waals surface area contributed by atoms with Crippen molar-refractivity contribution in [3.05, 3.63) is 65.7 Å². The van der Waals surface area contributed by atoms with Crippen molar-refractivity contribution in [2.75, 3.05) is 11.9 Å². The summed E-state index contributed by atoms with van der Waals surface area (Å²) in [5.74, 6) is -0.0965. The molecule has 2 aromatic rings. The van der Waals surface area contributed by atoms with Gasteiger partial charge in [0.15, 0.2) is 0 Å². The van der Waals surface area contributed by atoms with Crippen LogP contribution in [-0.2, 0) is 11.3 Å². The van der Waals surface area contributed by atoms with Crippen LogP contribution >= 0.6 is 0 Å². The molecule has 130 valence electrons. The minimum atomic E-state index is -0.409. The van der Waals surface area contributed by atoms with E-state index in [1.165, 1.54) is 0 Å². The Morgan fingerprint density at radius 2 is 1.92 bits per heavy atom. The first kappa shape index (κ1) is 17.0. The molecular weight excluding hydrogens is 314 g/mol. The highest BCUT2D eigenvalue weighted by Crippen LogP contribution is 2.20. The Labute approximate surface area is 148 Å². The summed E-state index contributed by atoms with van der Waals surface area (Å²) in [6.07, 6.45) is 1.53. The van der Waals surface area contributed by atoms with E-state index < -0.39 is 6.04 Å². The zero-order chi connectivity index (χ0) is 17.6. The number of anilines is 1. The summed E-state index contributed by atoms with van der Waals surface area (Å²) in [6, 6.07) is 16.8. The molecule has 2 aromatic carbocycles. The molecule has 0 aliphatic carbocycles. The van der Waals surface area contributed by atoms with Gasteiger partial charge in [0.2, 0.25) is 5.91 Å². The molecule has 1 aliphatic rings. The molecule has 0 aromatic heterocycles. The number of benzene rings is 2. The van der Waals surface area contributed by atoms with Crippen LogP contribution in [0.5, 0.6) is 0 Å². The number of hydrogen-bond donors (Lipinski definition) is 2. The summed E-state index contributed by atoms with van der Waals surface area (Å²) in [5.41, 5.74) is 2.88. The molecule has 1 aliphatic heterocycles. The van der Waals surface area contributed by atoms with Crippen molar-refractivity contribution < 1.29 is 9.59 Å². The Kier molecular flexibility index (Phi) is 5.33. The molecule has 2 N–H and O–H groups in total. The van der Waals surface area contributed by atoms with Gasteiger partial charge in [-0.1, -0.05) is 42.5 Å². The van der Waals surface area contributed by atoms with E-state index >= 15 is 0 Å². The number of hydrogen-bond acceptors (Lipinski definition) is 2. The van der Waals surface area contributed by atoms with Crippen LogP contribution in [-0.4, -0.2) is 29.4 Å². The zero-order valence-corrected chi connectivity index (χ0v) is 14.4. The average molecular weight is 337 g/mol. The first-order chi connectivity index (χ1) is 12.1. The minimum Gasteiger partial charge on any atom is -0.350 e. The Morgan fingerprint density at radius 1 is 1.12 bits per heavy atom. The maximum absolute atomic E-state index is 12.5. The standard InChI is InChI=1S/C20H23N3O2/c1-15-7-5-10-17(13-15)22-20(25)23-12-6-11-18(23)19(24)21-14-16-8-3-2-4-9-16/h2-5,7-10,13,18H,6,11-12,14H2,1H3,(H,21,24)(H,22,25)/t18-/m0/s1. The van der Waals surface area contributed by atoms with Gasteiger partial charge in [0.05, 0.1) is 0 Å². The van der Waals surface area contributed by atoms with Crippen LogP contribution in [0.4, 0.5) is 10.5 Å². The van der Waals surface area contributed by atoms with E-state index in [0.717, 1.165) is 23.2 Å². The van der Waals surface area contributed by atoms with E-state index in [-0.39, 0.29) is 11.9 Å². The lowest BCUT2D eigenvalue weighted by molar-refractivity contribution is -0.124. The second-order valence-electron chi connectivity index (χ2n) is 6.35. The number of carbonyl (C=O) groups excluding carboxylic acids is 2. The first-order valence-corrected chi connectivity index (χ1v) is 8.59. The molecule has 1 heterocycles. The van der Waals surface area contributed by atoms with E-state index in [1.54, 1.807) is 4.90 Å². The van der Waals surface area contributed by atoms with Gasteiger partial charge in [0, 0.05) is 18.8 Å². The van der Waals surface area contributed by atoms with Crippen LogP contribution in [0.15, 0.2) is 54.6 Å². The molecule has 1 atom stereocenters. The molecule has 1 saturated heterocycles. The Morgan fingerprint density at radius 3 is 2.68 bits per heavy atom. The average Bonchev–Trinajstić information content (AvgIpc) is 3.10. The predicted octanol–water partition coefficient (Wildman–Crippen LogP) is 3.31. The smallest absolute Gasteiger partial charge is 0.322 e. The molecule has 3 amide bonds. The maximum Gasteiger partial charge on any atom is 0.322 e. The fraction of sp³-hybridized carbons (Fsp3) is 0.300. The van der Waals surface area contributed by atoms with Gasteiger partial charge in [-0.25, -0.2) is 4.79 Å². The monoisotopic (exact) mass is 337 g/mol. The van der Waals surface area contributed by atoms with Crippen LogP contribution in [0.3, 0.4) is 0 Å². The van der Waals surface area contributed by atoms with Gasteiger partial charge in [-0.2, -0.15) is 0 Å². The third kappa shape index (κ3) is 4.38. The molecule has 5 nitrogen and oxygen atoms in total. The molecule has 0 spiro atoms. The molecule has 0 bridgehead atoms. The topological polar surface area (TPSA) is 61.4 Å². The summed E-state index contributed by atoms with van der Waals surface area (Å²) >= 11 is 0. The number of likely N-dealkylation sites (tertiary alicyclic amines) is 1. The van der Waals surface area contributed by atoms with Gasteiger partial charge < -0.3 is 15.5 Å². The lowest BCUT2D eigenvalue weighted by atomic mass is 10.2. The van der Waals surface area contributed by atoms with Crippen molar-refractivity contribution in [1.82, 2.24) is 10.2 Å². The highest BCUT2D eigenvalue weighted by Gasteiger charge is 2.34. The molecule has 1 fully saturated rings. The van der Waals surface area contributed by atoms with Gasteiger partial charge in [-0.05, 0) is 43.0 Å². The molecule has 0 saturated carbocycles. The number of rotatable bonds is 4. The summed E-state index contributed by atoms with van der Waals surface area (Å²) in [7, 11) is 0. The zero-order valence-electron chi connectivity index (χ0n) is 14.4. The van der Waals surface area contributed by atoms with E-state index in [0.29, 0.717) is 19.5 Å². The molecule has 5 heteroatoms. The lowest BCUT2D eigenvalue weighted by Gasteiger charge is -2.24. The summed E-state index contributed by atoms with van der Waals surface area (Å²) in [4.78, 5) is 26.7. The second kappa shape index (κ2) is 7.83. The summed E-state index contributed by atoms with van der Waals surface area (Å²) in [6.45, 7) is 3.05. The summed E-state index contributed by atoms with van der Waals surface area (Å²) in [5, 5.41) is 5.83. The van der Waals surface area contributed by atoms with Crippen LogP contribution < -0.4 is 10.6 Å². The number of amides is 3. The predicted molar refractivity (Wildman–Crippen MR) is 98.2 cm³/mol. The largest absolute Gasteiger partial charge is 0.350 e. The molecule has 0 radical (unpaired) electrons. The van der Waals surface area contributed by atoms with Gasteiger partial charge in [-0.3, -0.25) is 4.79 Å². The quantitative estimate of drug-likeness (QED) is 0.899. The van der Waals surface area contributed by atoms with E-state index in [2.05, 4.69) is 10.6 Å². The molecular formula is C20H23N3O2. The highest BCUT2D eigenvalue weighted by molar-refractivity contribution is 5.94. The number of carbonyl (C=O) groups is 2. The lowest BCUT2D eigenvalue weighted by Crippen LogP contribution is -2.47. The minimum absolute atomic E-state index is 0.0965. The molecule has 0 unspecified atom stereocenters. The fourth-order valence-corrected chi connectivity index (χ4v) is 3.10. The van der Waals surface area contributed by atoms with Crippen molar-refractivity contribution in [2.24, 2.45) is 0 Å². The third-order valence-corrected chi connectivity index (χ3v) is 4.40. The van der Waals surface area contributed by atoms with Crippen LogP contribution in [0.1, 0.15) is 24.0 Å². The first-order valence-electron chi connectivity index (χ1n) is 8.59. The van der Waals surface area contributed by atoms with Crippen molar-refractivity contribution in [1.29, 1.82) is 0 Å². The molecule has 3 rings (SSSR count). The van der Waals surface area contributed by atoms with Crippen molar-refractivity contribution >= 4 is 17.6 Å². The van der Waals surface area contributed by atoms with Gasteiger partial charge in [-0.15, -0.1) is 0 Å². The van der Waals surface area contributed by atoms with Gasteiger partial charge in [0.1, 0.15) is 6.04 Å². The Hall–Kier alpha value is -2.82. The Balaban J connectivity index is 1.59. The molecule has 25 heavy (non-hydrogen) atoms. The van der Waals surface area contributed by atoms with Crippen LogP contribution in [0.25, 0.3) is 0 Å². The van der Waals surface area contributed by atoms with Gasteiger partial charge in [0.25, 0.3) is 0 Å². The van der Waals surface area contributed by atoms with Crippen molar-refractivity contribution in [3.8, 4) is 0 Å². The number of nitrogens with one attached hydrogen (secondary N) is 2. The number of aryl methyl sites for hydroxylation is 1. The number of nitrogens with zero attached hydrogens (tertiary/aromatic N) is 1. The third-order valence-electron chi connectivity index (χ3n) is 4.40. The Bertz CT molecular complexity index is 746. The van der Waals surface area contributed by atoms with Crippen LogP contribution in [0.2, 0.25) is 0 Å². The highest BCUT2D eigenvalue weighted by atomic mass is 16.2. The SMILES string of the molecule is Cc1cccc(NC(=O)N2CCC[C@H]2C(=O)NCc2ccccc2)c1. The fourth-order valence-electron chi connectivity index (χ4n) is 3.10. The number of urea groups is 1.